The summed E-state index contributed by atoms with van der Waals surface area (Å²) in [7, 11) is 5.29. The highest BCUT2D eigenvalue weighted by Crippen LogP contribution is 2.24. The van der Waals surface area contributed by atoms with E-state index in [0.29, 0.717) is 36.7 Å². The average molecular weight is 332 g/mol. The second-order valence-corrected chi connectivity index (χ2v) is 5.70. The maximum atomic E-state index is 11.6. The molecule has 128 valence electrons. The van der Waals surface area contributed by atoms with Gasteiger partial charge in [0.2, 0.25) is 5.91 Å². The molecule has 0 aliphatic carbocycles. The van der Waals surface area contributed by atoms with Gasteiger partial charge in [-0.05, 0) is 7.05 Å². The van der Waals surface area contributed by atoms with Crippen LogP contribution in [-0.4, -0.2) is 59.8 Å². The number of likely N-dealkylation sites (N-methyl/N-ethyl adjacent to an activating group) is 2. The molecule has 1 amide bonds. The van der Waals surface area contributed by atoms with E-state index < -0.39 is 4.92 Å². The summed E-state index contributed by atoms with van der Waals surface area (Å²) in [6.45, 7) is 0.944. The molecule has 24 heavy (non-hydrogen) atoms. The SMILES string of the molecule is CN(CCc1ncc(-c2cccc([N+](=O)[O-])c2)o1)CC(=O)N(C)C. The lowest BCUT2D eigenvalue weighted by molar-refractivity contribution is -0.384. The second-order valence-electron chi connectivity index (χ2n) is 5.70. The summed E-state index contributed by atoms with van der Waals surface area (Å²) in [6, 6.07) is 6.22. The number of nitro benzene ring substituents is 1. The lowest BCUT2D eigenvalue weighted by Gasteiger charge is -2.17. The Labute approximate surface area is 139 Å². The highest BCUT2D eigenvalue weighted by Gasteiger charge is 2.13. The van der Waals surface area contributed by atoms with Crippen molar-refractivity contribution in [2.75, 3.05) is 34.2 Å². The molecule has 0 radical (unpaired) electrons. The Morgan fingerprint density at radius 1 is 1.33 bits per heavy atom. The molecule has 0 N–H and O–H groups in total. The third kappa shape index (κ3) is 4.63. The summed E-state index contributed by atoms with van der Waals surface area (Å²) in [5, 5.41) is 10.8. The maximum absolute atomic E-state index is 11.6. The molecule has 1 aromatic heterocycles. The van der Waals surface area contributed by atoms with Crippen LogP contribution in [0.5, 0.6) is 0 Å². The topological polar surface area (TPSA) is 92.7 Å². The number of nitrogens with zero attached hydrogens (tertiary/aromatic N) is 4. The Balaban J connectivity index is 1.97. The van der Waals surface area contributed by atoms with Crippen molar-refractivity contribution in [3.05, 3.63) is 46.5 Å². The first kappa shape index (κ1) is 17.6. The second kappa shape index (κ2) is 7.69. The normalized spacial score (nSPS) is 10.8. The van der Waals surface area contributed by atoms with Crippen LogP contribution in [0, 0.1) is 10.1 Å². The third-order valence-electron chi connectivity index (χ3n) is 3.51. The number of amides is 1. The van der Waals surface area contributed by atoms with E-state index >= 15 is 0 Å². The molecule has 8 nitrogen and oxygen atoms in total. The largest absolute Gasteiger partial charge is 0.441 e. The van der Waals surface area contributed by atoms with Gasteiger partial charge in [0.05, 0.1) is 17.7 Å². The van der Waals surface area contributed by atoms with Crippen LogP contribution in [0.1, 0.15) is 5.89 Å². The average Bonchev–Trinajstić information content (AvgIpc) is 3.02. The maximum Gasteiger partial charge on any atom is 0.270 e. The van der Waals surface area contributed by atoms with E-state index in [9.17, 15) is 14.9 Å². The summed E-state index contributed by atoms with van der Waals surface area (Å²) < 4.78 is 5.65. The van der Waals surface area contributed by atoms with Crippen molar-refractivity contribution in [2.45, 2.75) is 6.42 Å². The zero-order valence-corrected chi connectivity index (χ0v) is 13.9. The molecular weight excluding hydrogens is 312 g/mol. The number of benzene rings is 1. The minimum absolute atomic E-state index is 0.00683. The number of oxazole rings is 1. The van der Waals surface area contributed by atoms with Crippen LogP contribution in [0.4, 0.5) is 5.69 Å². The molecule has 0 saturated carbocycles. The Kier molecular flexibility index (Phi) is 5.64. The molecule has 2 rings (SSSR count). The molecule has 0 spiro atoms. The molecule has 0 unspecified atom stereocenters. The van der Waals surface area contributed by atoms with E-state index in [0.717, 1.165) is 0 Å². The molecule has 0 atom stereocenters. The number of carbonyl (C=O) groups excluding carboxylic acids is 1. The lowest BCUT2D eigenvalue weighted by Crippen LogP contribution is -2.35. The fraction of sp³-hybridized carbons (Fsp3) is 0.375. The summed E-state index contributed by atoms with van der Waals surface area (Å²) in [5.74, 6) is 1.04. The summed E-state index contributed by atoms with van der Waals surface area (Å²) in [6.07, 6.45) is 2.10. The van der Waals surface area contributed by atoms with Crippen molar-refractivity contribution >= 4 is 11.6 Å². The van der Waals surface area contributed by atoms with Gasteiger partial charge < -0.3 is 9.32 Å². The third-order valence-corrected chi connectivity index (χ3v) is 3.51. The van der Waals surface area contributed by atoms with Gasteiger partial charge in [0.1, 0.15) is 0 Å². The Bertz CT molecular complexity index is 726. The van der Waals surface area contributed by atoms with E-state index in [1.54, 1.807) is 37.3 Å². The molecule has 0 aliphatic rings. The molecule has 8 heteroatoms. The van der Waals surface area contributed by atoms with Gasteiger partial charge in [-0.15, -0.1) is 0 Å². The number of nitro groups is 1. The Morgan fingerprint density at radius 2 is 2.08 bits per heavy atom. The minimum atomic E-state index is -0.447. The molecule has 1 heterocycles. The van der Waals surface area contributed by atoms with Crippen LogP contribution < -0.4 is 0 Å². The van der Waals surface area contributed by atoms with Crippen LogP contribution in [0.15, 0.2) is 34.9 Å². The predicted molar refractivity (Wildman–Crippen MR) is 88.5 cm³/mol. The molecule has 1 aromatic carbocycles. The summed E-state index contributed by atoms with van der Waals surface area (Å²) in [5.41, 5.74) is 0.617. The molecule has 0 bridgehead atoms. The quantitative estimate of drug-likeness (QED) is 0.567. The van der Waals surface area contributed by atoms with Crippen molar-refractivity contribution in [3.8, 4) is 11.3 Å². The number of aromatic nitrogens is 1. The number of carbonyl (C=O) groups is 1. The van der Waals surface area contributed by atoms with Crippen LogP contribution in [-0.2, 0) is 11.2 Å². The van der Waals surface area contributed by atoms with Gasteiger partial charge in [0, 0.05) is 44.8 Å². The zero-order valence-electron chi connectivity index (χ0n) is 13.9. The van der Waals surface area contributed by atoms with Gasteiger partial charge in [0.25, 0.3) is 5.69 Å². The number of hydrogen-bond donors (Lipinski definition) is 0. The Hall–Kier alpha value is -2.74. The van der Waals surface area contributed by atoms with Crippen molar-refractivity contribution in [1.29, 1.82) is 0 Å². The van der Waals surface area contributed by atoms with Gasteiger partial charge in [-0.2, -0.15) is 0 Å². The van der Waals surface area contributed by atoms with E-state index in [4.69, 9.17) is 4.42 Å². The van der Waals surface area contributed by atoms with Crippen molar-refractivity contribution < 1.29 is 14.1 Å². The van der Waals surface area contributed by atoms with Crippen LogP contribution in [0.25, 0.3) is 11.3 Å². The summed E-state index contributed by atoms with van der Waals surface area (Å²) >= 11 is 0. The number of hydrogen-bond acceptors (Lipinski definition) is 6. The summed E-state index contributed by atoms with van der Waals surface area (Å²) in [4.78, 5) is 29.6. The molecule has 0 fully saturated rings. The molecular formula is C16H20N4O4. The first-order chi connectivity index (χ1) is 11.4. The van der Waals surface area contributed by atoms with E-state index in [1.807, 2.05) is 11.9 Å². The van der Waals surface area contributed by atoms with Gasteiger partial charge >= 0.3 is 0 Å². The van der Waals surface area contributed by atoms with E-state index in [2.05, 4.69) is 4.98 Å². The van der Waals surface area contributed by atoms with Crippen LogP contribution in [0.3, 0.4) is 0 Å². The van der Waals surface area contributed by atoms with Gasteiger partial charge in [-0.1, -0.05) is 12.1 Å². The zero-order chi connectivity index (χ0) is 17.7. The predicted octanol–water partition coefficient (Wildman–Crippen LogP) is 1.81. The van der Waals surface area contributed by atoms with Gasteiger partial charge in [-0.25, -0.2) is 4.98 Å². The Morgan fingerprint density at radius 3 is 2.75 bits per heavy atom. The van der Waals surface area contributed by atoms with E-state index in [-0.39, 0.29) is 11.6 Å². The minimum Gasteiger partial charge on any atom is -0.441 e. The first-order valence-corrected chi connectivity index (χ1v) is 7.45. The van der Waals surface area contributed by atoms with Crippen LogP contribution >= 0.6 is 0 Å². The van der Waals surface area contributed by atoms with Crippen molar-refractivity contribution in [1.82, 2.24) is 14.8 Å². The van der Waals surface area contributed by atoms with Gasteiger partial charge in [0.15, 0.2) is 11.7 Å². The van der Waals surface area contributed by atoms with Crippen molar-refractivity contribution in [3.63, 3.8) is 0 Å². The standard InChI is InChI=1S/C16H20N4O4/c1-18(2)16(21)11-19(3)8-7-15-17-10-14(24-15)12-5-4-6-13(9-12)20(22)23/h4-6,9-10H,7-8,11H2,1-3H3. The first-order valence-electron chi connectivity index (χ1n) is 7.45. The highest BCUT2D eigenvalue weighted by molar-refractivity contribution is 5.77. The monoisotopic (exact) mass is 332 g/mol. The molecule has 2 aromatic rings. The van der Waals surface area contributed by atoms with Crippen LogP contribution in [0.2, 0.25) is 0 Å². The smallest absolute Gasteiger partial charge is 0.270 e. The number of rotatable bonds is 7. The molecule has 0 aliphatic heterocycles. The van der Waals surface area contributed by atoms with Crippen molar-refractivity contribution in [2.24, 2.45) is 0 Å². The van der Waals surface area contributed by atoms with E-state index in [1.165, 1.54) is 12.1 Å². The van der Waals surface area contributed by atoms with Gasteiger partial charge in [-0.3, -0.25) is 19.8 Å². The highest BCUT2D eigenvalue weighted by atomic mass is 16.6. The fourth-order valence-electron chi connectivity index (χ4n) is 2.07. The molecule has 0 saturated heterocycles. The fourth-order valence-corrected chi connectivity index (χ4v) is 2.07. The number of non-ortho nitro benzene ring substituents is 1. The lowest BCUT2D eigenvalue weighted by atomic mass is 10.2.